The fourth-order valence-corrected chi connectivity index (χ4v) is 3.99. The Labute approximate surface area is 184 Å². The number of carbonyl (C=O) groups is 1. The monoisotopic (exact) mass is 462 g/mol. The van der Waals surface area contributed by atoms with Gasteiger partial charge in [0, 0.05) is 26.6 Å². The third-order valence-electron chi connectivity index (χ3n) is 3.70. The van der Waals surface area contributed by atoms with Crippen LogP contribution in [0.5, 0.6) is 0 Å². The van der Waals surface area contributed by atoms with Crippen LogP contribution in [0.15, 0.2) is 63.6 Å². The largest absolute Gasteiger partial charge is 0.411 e. The van der Waals surface area contributed by atoms with Crippen LogP contribution in [-0.4, -0.2) is 26.8 Å². The van der Waals surface area contributed by atoms with Crippen molar-refractivity contribution in [2.24, 2.45) is 0 Å². The minimum atomic E-state index is -0.213. The van der Waals surface area contributed by atoms with E-state index < -0.39 is 0 Å². The van der Waals surface area contributed by atoms with Gasteiger partial charge in [0.05, 0.1) is 11.4 Å². The van der Waals surface area contributed by atoms with E-state index in [4.69, 9.17) is 27.6 Å². The van der Waals surface area contributed by atoms with Crippen molar-refractivity contribution in [3.63, 3.8) is 0 Å². The second-order valence-corrected chi connectivity index (χ2v) is 8.42. The van der Waals surface area contributed by atoms with Crippen molar-refractivity contribution >= 4 is 57.3 Å². The number of thiazole rings is 1. The maximum absolute atomic E-state index is 12.2. The summed E-state index contributed by atoms with van der Waals surface area (Å²) in [5, 5.41) is 14.6. The molecule has 0 spiro atoms. The molecule has 1 amide bonds. The van der Waals surface area contributed by atoms with E-state index in [2.05, 4.69) is 20.5 Å². The molecule has 2 aromatic carbocycles. The van der Waals surface area contributed by atoms with Crippen LogP contribution in [0.2, 0.25) is 10.0 Å². The van der Waals surface area contributed by atoms with Gasteiger partial charge in [-0.05, 0) is 30.3 Å². The zero-order chi connectivity index (χ0) is 20.2. The van der Waals surface area contributed by atoms with Gasteiger partial charge in [0.15, 0.2) is 5.13 Å². The Morgan fingerprint density at radius 2 is 1.90 bits per heavy atom. The first-order valence-electron chi connectivity index (χ1n) is 8.30. The zero-order valence-corrected chi connectivity index (χ0v) is 17.8. The fraction of sp³-hybridized carbons (Fsp3) is 0.0526. The van der Waals surface area contributed by atoms with Crippen LogP contribution in [0.25, 0.3) is 22.7 Å². The van der Waals surface area contributed by atoms with Gasteiger partial charge in [-0.1, -0.05) is 53.2 Å². The number of hydrogen-bond acceptors (Lipinski definition) is 7. The van der Waals surface area contributed by atoms with Crippen molar-refractivity contribution in [1.82, 2.24) is 15.2 Å². The Bertz CT molecular complexity index is 1150. The lowest BCUT2D eigenvalue weighted by Gasteiger charge is -2.00. The number of carbonyl (C=O) groups excluding carboxylic acids is 1. The molecule has 0 aliphatic carbocycles. The Morgan fingerprint density at radius 3 is 2.69 bits per heavy atom. The lowest BCUT2D eigenvalue weighted by atomic mass is 10.2. The number of nitrogens with zero attached hydrogens (tertiary/aromatic N) is 3. The summed E-state index contributed by atoms with van der Waals surface area (Å²) >= 11 is 14.4. The van der Waals surface area contributed by atoms with Crippen molar-refractivity contribution in [2.45, 2.75) is 5.22 Å². The summed E-state index contributed by atoms with van der Waals surface area (Å²) in [4.78, 5) is 16.6. The van der Waals surface area contributed by atoms with Crippen molar-refractivity contribution in [2.75, 3.05) is 11.1 Å². The van der Waals surface area contributed by atoms with Gasteiger partial charge in [0.2, 0.25) is 11.8 Å². The first-order valence-corrected chi connectivity index (χ1v) is 10.9. The van der Waals surface area contributed by atoms with Crippen molar-refractivity contribution in [1.29, 1.82) is 0 Å². The van der Waals surface area contributed by atoms with Gasteiger partial charge >= 0.3 is 0 Å². The first kappa shape index (κ1) is 19.9. The standard InChI is InChI=1S/C19H12Cl2N4O2S2/c20-13-6-4-11(5-7-13)15-9-28-18(22-15)23-16(26)10-29-19-25-24-17(27-19)12-2-1-3-14(21)8-12/h1-9H,10H2,(H,22,23,26). The summed E-state index contributed by atoms with van der Waals surface area (Å²) in [6, 6.07) is 14.5. The molecule has 0 radical (unpaired) electrons. The molecule has 0 aliphatic heterocycles. The average molecular weight is 463 g/mol. The highest BCUT2D eigenvalue weighted by Crippen LogP contribution is 2.27. The molecule has 0 saturated heterocycles. The molecule has 2 aromatic heterocycles. The SMILES string of the molecule is O=C(CSc1nnc(-c2cccc(Cl)c2)o1)Nc1nc(-c2ccc(Cl)cc2)cs1. The molecule has 0 bridgehead atoms. The molecule has 0 saturated carbocycles. The number of anilines is 1. The Kier molecular flexibility index (Phi) is 6.15. The van der Waals surface area contributed by atoms with Crippen molar-refractivity contribution in [3.8, 4) is 22.7 Å². The van der Waals surface area contributed by atoms with Gasteiger partial charge in [0.25, 0.3) is 5.22 Å². The fourth-order valence-electron chi connectivity index (χ4n) is 2.37. The third-order valence-corrected chi connectivity index (χ3v) is 5.76. The van der Waals surface area contributed by atoms with Crippen LogP contribution < -0.4 is 5.32 Å². The third kappa shape index (κ3) is 5.16. The Balaban J connectivity index is 1.33. The van der Waals surface area contributed by atoms with E-state index in [0.29, 0.717) is 26.3 Å². The molecule has 10 heteroatoms. The molecule has 2 heterocycles. The molecule has 146 valence electrons. The van der Waals surface area contributed by atoms with Crippen LogP contribution in [0, 0.1) is 0 Å². The number of thioether (sulfide) groups is 1. The van der Waals surface area contributed by atoms with Crippen LogP contribution in [-0.2, 0) is 4.79 Å². The van der Waals surface area contributed by atoms with E-state index in [1.165, 1.54) is 11.3 Å². The second kappa shape index (κ2) is 8.96. The number of benzene rings is 2. The summed E-state index contributed by atoms with van der Waals surface area (Å²) in [6.45, 7) is 0. The molecule has 1 N–H and O–H groups in total. The minimum absolute atomic E-state index is 0.118. The highest BCUT2D eigenvalue weighted by atomic mass is 35.5. The predicted octanol–water partition coefficient (Wildman–Crippen LogP) is 5.90. The lowest BCUT2D eigenvalue weighted by molar-refractivity contribution is -0.113. The highest BCUT2D eigenvalue weighted by Gasteiger charge is 2.13. The van der Waals surface area contributed by atoms with Gasteiger partial charge < -0.3 is 9.73 Å². The zero-order valence-electron chi connectivity index (χ0n) is 14.6. The van der Waals surface area contributed by atoms with Crippen LogP contribution in [0.1, 0.15) is 0 Å². The number of nitrogens with one attached hydrogen (secondary N) is 1. The normalized spacial score (nSPS) is 10.8. The van der Waals surface area contributed by atoms with Gasteiger partial charge in [0.1, 0.15) is 0 Å². The van der Waals surface area contributed by atoms with E-state index >= 15 is 0 Å². The summed E-state index contributed by atoms with van der Waals surface area (Å²) in [5.74, 6) is 0.255. The van der Waals surface area contributed by atoms with Gasteiger partial charge in [-0.3, -0.25) is 4.79 Å². The van der Waals surface area contributed by atoms with Crippen LogP contribution in [0.3, 0.4) is 0 Å². The molecular formula is C19H12Cl2N4O2S2. The van der Waals surface area contributed by atoms with E-state index in [1.807, 2.05) is 23.6 Å². The number of rotatable bonds is 6. The van der Waals surface area contributed by atoms with E-state index in [9.17, 15) is 4.79 Å². The average Bonchev–Trinajstić information content (AvgIpc) is 3.37. The number of aromatic nitrogens is 3. The second-order valence-electron chi connectivity index (χ2n) is 5.77. The van der Waals surface area contributed by atoms with Crippen molar-refractivity contribution in [3.05, 3.63) is 64.0 Å². The molecule has 0 aliphatic rings. The maximum Gasteiger partial charge on any atom is 0.277 e. The van der Waals surface area contributed by atoms with Crippen LogP contribution >= 0.6 is 46.3 Å². The molecular weight excluding hydrogens is 451 g/mol. The summed E-state index contributed by atoms with van der Waals surface area (Å²) in [6.07, 6.45) is 0. The van der Waals surface area contributed by atoms with E-state index in [1.54, 1.807) is 30.3 Å². The summed E-state index contributed by atoms with van der Waals surface area (Å²) in [5.41, 5.74) is 2.43. The Hall–Kier alpha value is -2.39. The first-order chi connectivity index (χ1) is 14.1. The quantitative estimate of drug-likeness (QED) is 0.359. The van der Waals surface area contributed by atoms with Crippen LogP contribution in [0.4, 0.5) is 5.13 Å². The minimum Gasteiger partial charge on any atom is -0.411 e. The smallest absolute Gasteiger partial charge is 0.277 e. The summed E-state index contributed by atoms with van der Waals surface area (Å²) < 4.78 is 5.58. The molecule has 6 nitrogen and oxygen atoms in total. The molecule has 4 aromatic rings. The molecule has 0 unspecified atom stereocenters. The number of halogens is 2. The Morgan fingerprint density at radius 1 is 1.07 bits per heavy atom. The highest BCUT2D eigenvalue weighted by molar-refractivity contribution is 7.99. The van der Waals surface area contributed by atoms with Crippen molar-refractivity contribution < 1.29 is 9.21 Å². The summed E-state index contributed by atoms with van der Waals surface area (Å²) in [7, 11) is 0. The topological polar surface area (TPSA) is 80.9 Å². The molecule has 0 atom stereocenters. The lowest BCUT2D eigenvalue weighted by Crippen LogP contribution is -2.13. The van der Waals surface area contributed by atoms with E-state index in [-0.39, 0.29) is 11.7 Å². The van der Waals surface area contributed by atoms with Gasteiger partial charge in [-0.2, -0.15) is 0 Å². The molecule has 0 fully saturated rings. The number of amides is 1. The van der Waals surface area contributed by atoms with E-state index in [0.717, 1.165) is 28.6 Å². The predicted molar refractivity (Wildman–Crippen MR) is 117 cm³/mol. The van der Waals surface area contributed by atoms with Gasteiger partial charge in [-0.15, -0.1) is 21.5 Å². The molecule has 29 heavy (non-hydrogen) atoms. The maximum atomic E-state index is 12.2. The molecule has 4 rings (SSSR count). The van der Waals surface area contributed by atoms with Gasteiger partial charge in [-0.25, -0.2) is 4.98 Å². The number of hydrogen-bond donors (Lipinski definition) is 1.